The molecule has 0 bridgehead atoms. The average Bonchev–Trinajstić information content (AvgIpc) is 3.34. The number of rotatable bonds is 3. The third kappa shape index (κ3) is 1.56. The maximum atomic E-state index is 13.1. The molecule has 3 heteroatoms. The predicted molar refractivity (Wildman–Crippen MR) is 71.3 cm³/mol. The van der Waals surface area contributed by atoms with Gasteiger partial charge in [-0.05, 0) is 48.2 Å². The zero-order valence-corrected chi connectivity index (χ0v) is 10.9. The fraction of sp³-hybridized carbons (Fsp3) is 0.294. The SMILES string of the molecule is Fc1ccc(C2(C3(c4ccc(F)cc4)CO3)CC2)cc1. The fourth-order valence-corrected chi connectivity index (χ4v) is 3.33. The molecule has 2 fully saturated rings. The molecular formula is C17H14F2O. The minimum absolute atomic E-state index is 0.0709. The minimum atomic E-state index is -0.349. The maximum absolute atomic E-state index is 13.1. The van der Waals surface area contributed by atoms with Gasteiger partial charge < -0.3 is 4.74 Å². The Morgan fingerprint density at radius 2 is 1.20 bits per heavy atom. The van der Waals surface area contributed by atoms with Crippen LogP contribution in [0.5, 0.6) is 0 Å². The molecule has 102 valence electrons. The van der Waals surface area contributed by atoms with Gasteiger partial charge in [0.25, 0.3) is 0 Å². The molecule has 1 atom stereocenters. The molecule has 1 saturated carbocycles. The van der Waals surface area contributed by atoms with Crippen LogP contribution in [0.2, 0.25) is 0 Å². The van der Waals surface area contributed by atoms with Crippen molar-refractivity contribution in [3.05, 3.63) is 71.3 Å². The topological polar surface area (TPSA) is 12.5 Å². The highest BCUT2D eigenvalue weighted by Crippen LogP contribution is 2.66. The van der Waals surface area contributed by atoms with Crippen LogP contribution in [0.3, 0.4) is 0 Å². The van der Waals surface area contributed by atoms with Crippen molar-refractivity contribution in [1.82, 2.24) is 0 Å². The lowest BCUT2D eigenvalue weighted by molar-refractivity contribution is 0.251. The van der Waals surface area contributed by atoms with Gasteiger partial charge in [0.1, 0.15) is 17.2 Å². The van der Waals surface area contributed by atoms with E-state index in [4.69, 9.17) is 4.74 Å². The third-order valence-electron chi connectivity index (χ3n) is 4.66. The summed E-state index contributed by atoms with van der Waals surface area (Å²) in [6.07, 6.45) is 2.05. The summed E-state index contributed by atoms with van der Waals surface area (Å²) in [5, 5.41) is 0. The Bertz CT molecular complexity index is 578. The van der Waals surface area contributed by atoms with Crippen LogP contribution in [0.25, 0.3) is 0 Å². The van der Waals surface area contributed by atoms with Gasteiger partial charge in [-0.1, -0.05) is 24.3 Å². The molecular weight excluding hydrogens is 258 g/mol. The number of benzene rings is 2. The van der Waals surface area contributed by atoms with E-state index in [1.54, 1.807) is 12.1 Å². The molecule has 2 aromatic carbocycles. The molecule has 0 spiro atoms. The van der Waals surface area contributed by atoms with Crippen molar-refractivity contribution >= 4 is 0 Å². The number of hydrogen-bond donors (Lipinski definition) is 0. The Balaban J connectivity index is 1.76. The van der Waals surface area contributed by atoms with E-state index in [2.05, 4.69) is 0 Å². The highest BCUT2D eigenvalue weighted by atomic mass is 19.1. The monoisotopic (exact) mass is 272 g/mol. The maximum Gasteiger partial charge on any atom is 0.126 e. The molecule has 0 N–H and O–H groups in total. The molecule has 2 aliphatic rings. The zero-order valence-electron chi connectivity index (χ0n) is 10.9. The van der Waals surface area contributed by atoms with Crippen molar-refractivity contribution < 1.29 is 13.5 Å². The molecule has 1 unspecified atom stereocenters. The lowest BCUT2D eigenvalue weighted by atomic mass is 9.78. The zero-order chi connectivity index (χ0) is 13.8. The summed E-state index contributed by atoms with van der Waals surface area (Å²) < 4.78 is 32.0. The Labute approximate surface area is 116 Å². The number of halogens is 2. The summed E-state index contributed by atoms with van der Waals surface area (Å²) in [5.74, 6) is -0.465. The molecule has 1 saturated heterocycles. The molecule has 0 radical (unpaired) electrons. The van der Waals surface area contributed by atoms with Crippen LogP contribution in [0.15, 0.2) is 48.5 Å². The molecule has 1 nitrogen and oxygen atoms in total. The van der Waals surface area contributed by atoms with Gasteiger partial charge in [-0.15, -0.1) is 0 Å². The molecule has 0 amide bonds. The second-order valence-corrected chi connectivity index (χ2v) is 5.71. The minimum Gasteiger partial charge on any atom is -0.364 e. The van der Waals surface area contributed by atoms with Gasteiger partial charge in [-0.25, -0.2) is 8.78 Å². The van der Waals surface area contributed by atoms with E-state index in [0.717, 1.165) is 24.0 Å². The van der Waals surface area contributed by atoms with Gasteiger partial charge in [-0.3, -0.25) is 0 Å². The van der Waals surface area contributed by atoms with Crippen molar-refractivity contribution in [1.29, 1.82) is 0 Å². The van der Waals surface area contributed by atoms with E-state index < -0.39 is 0 Å². The summed E-state index contributed by atoms with van der Waals surface area (Å²) in [5.41, 5.74) is 1.71. The fourth-order valence-electron chi connectivity index (χ4n) is 3.33. The summed E-state index contributed by atoms with van der Waals surface area (Å²) in [7, 11) is 0. The van der Waals surface area contributed by atoms with Gasteiger partial charge in [-0.2, -0.15) is 0 Å². The molecule has 1 heterocycles. The summed E-state index contributed by atoms with van der Waals surface area (Å²) in [6, 6.07) is 13.2. The van der Waals surface area contributed by atoms with Crippen molar-refractivity contribution in [3.8, 4) is 0 Å². The van der Waals surface area contributed by atoms with E-state index in [9.17, 15) is 8.78 Å². The normalized spacial score (nSPS) is 26.3. The van der Waals surface area contributed by atoms with Crippen molar-refractivity contribution in [2.24, 2.45) is 0 Å². The quantitative estimate of drug-likeness (QED) is 0.771. The van der Waals surface area contributed by atoms with Crippen molar-refractivity contribution in [3.63, 3.8) is 0 Å². The van der Waals surface area contributed by atoms with E-state index in [1.165, 1.54) is 24.3 Å². The van der Waals surface area contributed by atoms with Crippen LogP contribution in [0, 0.1) is 11.6 Å². The summed E-state index contributed by atoms with van der Waals surface area (Å²) in [6.45, 7) is 0.649. The average molecular weight is 272 g/mol. The Morgan fingerprint density at radius 1 is 0.750 bits per heavy atom. The van der Waals surface area contributed by atoms with Gasteiger partial charge in [0.05, 0.1) is 6.61 Å². The first-order chi connectivity index (χ1) is 9.66. The first-order valence-corrected chi connectivity index (χ1v) is 6.82. The van der Waals surface area contributed by atoms with Gasteiger partial charge >= 0.3 is 0 Å². The lowest BCUT2D eigenvalue weighted by Crippen LogP contribution is -2.27. The number of ether oxygens (including phenoxy) is 1. The van der Waals surface area contributed by atoms with Crippen molar-refractivity contribution in [2.75, 3.05) is 6.61 Å². The van der Waals surface area contributed by atoms with Crippen LogP contribution in [0.1, 0.15) is 24.0 Å². The van der Waals surface area contributed by atoms with E-state index >= 15 is 0 Å². The number of epoxide rings is 1. The molecule has 4 rings (SSSR count). The number of hydrogen-bond acceptors (Lipinski definition) is 1. The van der Waals surface area contributed by atoms with E-state index in [-0.39, 0.29) is 22.7 Å². The van der Waals surface area contributed by atoms with Crippen LogP contribution in [-0.4, -0.2) is 6.61 Å². The lowest BCUT2D eigenvalue weighted by Gasteiger charge is -2.24. The van der Waals surface area contributed by atoms with Crippen molar-refractivity contribution in [2.45, 2.75) is 23.9 Å². The molecule has 20 heavy (non-hydrogen) atoms. The van der Waals surface area contributed by atoms with Crippen LogP contribution >= 0.6 is 0 Å². The second-order valence-electron chi connectivity index (χ2n) is 5.71. The smallest absolute Gasteiger partial charge is 0.126 e. The first kappa shape index (κ1) is 12.0. The van der Waals surface area contributed by atoms with E-state index in [0.29, 0.717) is 6.61 Å². The highest BCUT2D eigenvalue weighted by molar-refractivity contribution is 5.45. The van der Waals surface area contributed by atoms with E-state index in [1.807, 2.05) is 12.1 Å². The van der Waals surface area contributed by atoms with Gasteiger partial charge in [0.15, 0.2) is 0 Å². The Hall–Kier alpha value is -1.74. The van der Waals surface area contributed by atoms with Gasteiger partial charge in [0.2, 0.25) is 0 Å². The first-order valence-electron chi connectivity index (χ1n) is 6.82. The van der Waals surface area contributed by atoms with Crippen LogP contribution in [-0.2, 0) is 15.8 Å². The predicted octanol–water partition coefficient (Wildman–Crippen LogP) is 3.92. The van der Waals surface area contributed by atoms with Gasteiger partial charge in [0, 0.05) is 5.41 Å². The van der Waals surface area contributed by atoms with Crippen LogP contribution in [0.4, 0.5) is 8.78 Å². The summed E-state index contributed by atoms with van der Waals surface area (Å²) in [4.78, 5) is 0. The standard InChI is InChI=1S/C17H14F2O/c18-14-5-1-12(2-6-14)16(9-10-16)17(11-20-17)13-3-7-15(19)8-4-13/h1-8H,9-11H2. The molecule has 1 aliphatic carbocycles. The highest BCUT2D eigenvalue weighted by Gasteiger charge is 2.69. The molecule has 1 aliphatic heterocycles. The molecule has 2 aromatic rings. The third-order valence-corrected chi connectivity index (χ3v) is 4.66. The largest absolute Gasteiger partial charge is 0.364 e. The molecule has 0 aromatic heterocycles. The Morgan fingerprint density at radius 3 is 1.60 bits per heavy atom. The van der Waals surface area contributed by atoms with Crippen LogP contribution < -0.4 is 0 Å². The Kier molecular flexibility index (Phi) is 2.34. The summed E-state index contributed by atoms with van der Waals surface area (Å²) >= 11 is 0. The second kappa shape index (κ2) is 3.89.